The number of hydrogen-bond acceptors (Lipinski definition) is 3. The largest absolute Gasteiger partial charge is 0.400 e. The molecule has 10 heavy (non-hydrogen) atoms. The van der Waals surface area contributed by atoms with E-state index in [9.17, 15) is 0 Å². The Hall–Kier alpha value is -0.120. The zero-order valence-electron chi connectivity index (χ0n) is 7.16. The first-order chi connectivity index (χ1) is 4.66. The first-order valence-corrected chi connectivity index (χ1v) is 3.32. The Morgan fingerprint density at radius 1 is 1.30 bits per heavy atom. The molecule has 3 nitrogen and oxygen atoms in total. The predicted molar refractivity (Wildman–Crippen MR) is 40.6 cm³/mol. The maximum Gasteiger partial charge on any atom is 0.154 e. The standard InChI is InChI=1S/C6H14O2.CH4O/c1-5(2)4-6(7)8-3;1-2/h5-7H,4H2,1-3H3;2H,1H3. The van der Waals surface area contributed by atoms with Gasteiger partial charge in [-0.05, 0) is 5.92 Å². The van der Waals surface area contributed by atoms with Crippen LogP contribution in [0.2, 0.25) is 0 Å². The highest BCUT2D eigenvalue weighted by atomic mass is 16.6. The van der Waals surface area contributed by atoms with Crippen LogP contribution in [0.15, 0.2) is 0 Å². The van der Waals surface area contributed by atoms with E-state index < -0.39 is 6.29 Å². The van der Waals surface area contributed by atoms with Crippen LogP contribution in [0.4, 0.5) is 0 Å². The first kappa shape index (κ1) is 12.5. The van der Waals surface area contributed by atoms with E-state index in [-0.39, 0.29) is 0 Å². The molecule has 3 heteroatoms. The summed E-state index contributed by atoms with van der Waals surface area (Å²) >= 11 is 0. The van der Waals surface area contributed by atoms with E-state index in [0.29, 0.717) is 5.92 Å². The number of aliphatic hydroxyl groups excluding tert-OH is 2. The SMILES string of the molecule is CO.COC(O)CC(C)C. The Bertz CT molecular complexity index is 54.8. The van der Waals surface area contributed by atoms with Gasteiger partial charge in [0.05, 0.1) is 0 Å². The zero-order valence-corrected chi connectivity index (χ0v) is 7.16. The van der Waals surface area contributed by atoms with Gasteiger partial charge in [0.2, 0.25) is 0 Å². The lowest BCUT2D eigenvalue weighted by Gasteiger charge is -2.09. The lowest BCUT2D eigenvalue weighted by molar-refractivity contribution is -0.0848. The summed E-state index contributed by atoms with van der Waals surface area (Å²) in [6.07, 6.45) is 0.145. The molecular formula is C7H18O3. The maximum absolute atomic E-state index is 8.81. The molecule has 0 radical (unpaired) electrons. The summed E-state index contributed by atoms with van der Waals surface area (Å²) in [5.41, 5.74) is 0. The monoisotopic (exact) mass is 150 g/mol. The molecule has 1 unspecified atom stereocenters. The molecule has 0 amide bonds. The molecule has 1 atom stereocenters. The van der Waals surface area contributed by atoms with E-state index >= 15 is 0 Å². The van der Waals surface area contributed by atoms with E-state index in [2.05, 4.69) is 4.74 Å². The van der Waals surface area contributed by atoms with Crippen LogP contribution >= 0.6 is 0 Å². The van der Waals surface area contributed by atoms with Crippen LogP contribution in [0.25, 0.3) is 0 Å². The van der Waals surface area contributed by atoms with Crippen LogP contribution in [0.1, 0.15) is 20.3 Å². The van der Waals surface area contributed by atoms with Gasteiger partial charge >= 0.3 is 0 Å². The fraction of sp³-hybridized carbons (Fsp3) is 1.00. The lowest BCUT2D eigenvalue weighted by atomic mass is 10.1. The zero-order chi connectivity index (χ0) is 8.57. The second-order valence-electron chi connectivity index (χ2n) is 2.32. The van der Waals surface area contributed by atoms with Crippen molar-refractivity contribution in [2.24, 2.45) is 5.92 Å². The van der Waals surface area contributed by atoms with Crippen molar-refractivity contribution in [2.75, 3.05) is 14.2 Å². The average Bonchev–Trinajstić information content (AvgIpc) is 1.91. The van der Waals surface area contributed by atoms with Crippen molar-refractivity contribution in [3.8, 4) is 0 Å². The highest BCUT2D eigenvalue weighted by Gasteiger charge is 2.02. The number of hydrogen-bond donors (Lipinski definition) is 2. The summed E-state index contributed by atoms with van der Waals surface area (Å²) in [5.74, 6) is 0.505. The van der Waals surface area contributed by atoms with Crippen molar-refractivity contribution in [3.05, 3.63) is 0 Å². The molecule has 64 valence electrons. The minimum absolute atomic E-state index is 0.505. The Labute approximate surface area is 62.6 Å². The minimum Gasteiger partial charge on any atom is -0.400 e. The summed E-state index contributed by atoms with van der Waals surface area (Å²) in [6.45, 7) is 4.09. The van der Waals surface area contributed by atoms with Crippen LogP contribution in [0.5, 0.6) is 0 Å². The first-order valence-electron chi connectivity index (χ1n) is 3.32. The van der Waals surface area contributed by atoms with Gasteiger partial charge in [0, 0.05) is 20.6 Å². The fourth-order valence-electron chi connectivity index (χ4n) is 0.499. The molecule has 0 aliphatic heterocycles. The number of methoxy groups -OCH3 is 1. The van der Waals surface area contributed by atoms with Crippen molar-refractivity contribution in [1.29, 1.82) is 0 Å². The molecule has 0 bridgehead atoms. The molecule has 0 aromatic heterocycles. The quantitative estimate of drug-likeness (QED) is 0.579. The van der Waals surface area contributed by atoms with E-state index in [1.54, 1.807) is 0 Å². The third kappa shape index (κ3) is 10.8. The smallest absolute Gasteiger partial charge is 0.154 e. The average molecular weight is 150 g/mol. The van der Waals surface area contributed by atoms with Crippen LogP contribution in [-0.2, 0) is 4.74 Å². The van der Waals surface area contributed by atoms with E-state index in [4.69, 9.17) is 10.2 Å². The third-order valence-electron chi connectivity index (χ3n) is 0.945. The van der Waals surface area contributed by atoms with Crippen molar-refractivity contribution in [2.45, 2.75) is 26.6 Å². The van der Waals surface area contributed by atoms with Crippen molar-refractivity contribution in [1.82, 2.24) is 0 Å². The Kier molecular flexibility index (Phi) is 11.1. The van der Waals surface area contributed by atoms with E-state index in [1.807, 2.05) is 13.8 Å². The Morgan fingerprint density at radius 2 is 1.70 bits per heavy atom. The molecule has 0 aliphatic carbocycles. The van der Waals surface area contributed by atoms with Gasteiger partial charge in [-0.2, -0.15) is 0 Å². The number of aliphatic hydroxyl groups is 2. The molecule has 0 aromatic rings. The topological polar surface area (TPSA) is 49.7 Å². The number of ether oxygens (including phenoxy) is 1. The summed E-state index contributed by atoms with van der Waals surface area (Å²) in [6, 6.07) is 0. The van der Waals surface area contributed by atoms with Crippen molar-refractivity contribution < 1.29 is 14.9 Å². The molecule has 0 spiro atoms. The van der Waals surface area contributed by atoms with Crippen molar-refractivity contribution in [3.63, 3.8) is 0 Å². The normalized spacial score (nSPS) is 12.3. The minimum atomic E-state index is -0.574. The molecular weight excluding hydrogens is 132 g/mol. The lowest BCUT2D eigenvalue weighted by Crippen LogP contribution is -2.11. The van der Waals surface area contributed by atoms with Crippen LogP contribution < -0.4 is 0 Å². The van der Waals surface area contributed by atoms with Gasteiger partial charge < -0.3 is 14.9 Å². The van der Waals surface area contributed by atoms with Gasteiger partial charge in [-0.3, -0.25) is 0 Å². The second-order valence-corrected chi connectivity index (χ2v) is 2.32. The van der Waals surface area contributed by atoms with Crippen LogP contribution in [-0.4, -0.2) is 30.7 Å². The van der Waals surface area contributed by atoms with Gasteiger partial charge in [-0.1, -0.05) is 13.8 Å². The third-order valence-corrected chi connectivity index (χ3v) is 0.945. The van der Waals surface area contributed by atoms with Gasteiger partial charge in [0.1, 0.15) is 0 Å². The summed E-state index contributed by atoms with van der Waals surface area (Å²) in [4.78, 5) is 0. The Balaban J connectivity index is 0. The Morgan fingerprint density at radius 3 is 1.80 bits per heavy atom. The molecule has 0 saturated heterocycles. The highest BCUT2D eigenvalue weighted by Crippen LogP contribution is 2.03. The highest BCUT2D eigenvalue weighted by molar-refractivity contribution is 4.45. The fourth-order valence-corrected chi connectivity index (χ4v) is 0.499. The van der Waals surface area contributed by atoms with Crippen LogP contribution in [0, 0.1) is 5.92 Å². The molecule has 0 aliphatic rings. The summed E-state index contributed by atoms with van der Waals surface area (Å²) in [7, 11) is 2.51. The summed E-state index contributed by atoms with van der Waals surface area (Å²) in [5, 5.41) is 15.8. The molecule has 0 aromatic carbocycles. The van der Waals surface area contributed by atoms with Gasteiger partial charge in [-0.15, -0.1) is 0 Å². The predicted octanol–water partition coefficient (Wildman–Crippen LogP) is 0.606. The van der Waals surface area contributed by atoms with Gasteiger partial charge in [0.25, 0.3) is 0 Å². The van der Waals surface area contributed by atoms with E-state index in [1.165, 1.54) is 7.11 Å². The maximum atomic E-state index is 8.81. The summed E-state index contributed by atoms with van der Waals surface area (Å²) < 4.78 is 4.62. The van der Waals surface area contributed by atoms with Gasteiger partial charge in [0.15, 0.2) is 6.29 Å². The van der Waals surface area contributed by atoms with Crippen molar-refractivity contribution >= 4 is 0 Å². The molecule has 0 heterocycles. The van der Waals surface area contributed by atoms with Crippen LogP contribution in [0.3, 0.4) is 0 Å². The number of rotatable bonds is 3. The molecule has 0 saturated carbocycles. The molecule has 0 rings (SSSR count). The molecule has 2 N–H and O–H groups in total. The van der Waals surface area contributed by atoms with E-state index in [0.717, 1.165) is 13.5 Å². The molecule has 0 fully saturated rings. The second kappa shape index (κ2) is 8.88. The van der Waals surface area contributed by atoms with Gasteiger partial charge in [-0.25, -0.2) is 0 Å².